The van der Waals surface area contributed by atoms with Gasteiger partial charge in [0.2, 0.25) is 0 Å². The molecule has 0 saturated carbocycles. The van der Waals surface area contributed by atoms with E-state index < -0.39 is 0 Å². The summed E-state index contributed by atoms with van der Waals surface area (Å²) < 4.78 is 0. The normalized spacial score (nSPS) is 13.2. The SMILES string of the molecule is CCCN(CCC(N)c1ccccc1)CCN(C)C. The minimum Gasteiger partial charge on any atom is -0.324 e. The van der Waals surface area contributed by atoms with E-state index in [0.29, 0.717) is 0 Å². The summed E-state index contributed by atoms with van der Waals surface area (Å²) in [5.41, 5.74) is 7.50. The first-order valence-corrected chi connectivity index (χ1v) is 7.31. The van der Waals surface area contributed by atoms with Crippen LogP contribution in [0.4, 0.5) is 0 Å². The summed E-state index contributed by atoms with van der Waals surface area (Å²) in [6.45, 7) is 6.72. The minimum atomic E-state index is 0.153. The van der Waals surface area contributed by atoms with Crippen molar-refractivity contribution in [2.75, 3.05) is 40.3 Å². The first-order chi connectivity index (χ1) is 9.13. The lowest BCUT2D eigenvalue weighted by atomic mass is 10.0. The monoisotopic (exact) mass is 263 g/mol. The third-order valence-corrected chi connectivity index (χ3v) is 3.39. The van der Waals surface area contributed by atoms with E-state index in [2.05, 4.69) is 55.1 Å². The Morgan fingerprint density at radius 2 is 1.68 bits per heavy atom. The molecule has 0 spiro atoms. The molecule has 1 aromatic rings. The molecule has 0 aromatic heterocycles. The molecule has 0 saturated heterocycles. The lowest BCUT2D eigenvalue weighted by Gasteiger charge is -2.25. The summed E-state index contributed by atoms with van der Waals surface area (Å²) in [6.07, 6.45) is 2.23. The predicted octanol–water partition coefficient (Wildman–Crippen LogP) is 2.35. The molecule has 1 unspecified atom stereocenters. The van der Waals surface area contributed by atoms with E-state index in [-0.39, 0.29) is 6.04 Å². The van der Waals surface area contributed by atoms with Crippen LogP contribution in [0.1, 0.15) is 31.4 Å². The van der Waals surface area contributed by atoms with E-state index in [4.69, 9.17) is 5.73 Å². The van der Waals surface area contributed by atoms with Crippen molar-refractivity contribution in [3.8, 4) is 0 Å². The summed E-state index contributed by atoms with van der Waals surface area (Å²) >= 11 is 0. The third-order valence-electron chi connectivity index (χ3n) is 3.39. The van der Waals surface area contributed by atoms with Crippen LogP contribution in [-0.4, -0.2) is 50.1 Å². The van der Waals surface area contributed by atoms with Gasteiger partial charge in [0.15, 0.2) is 0 Å². The lowest BCUT2D eigenvalue weighted by Crippen LogP contribution is -2.34. The number of rotatable bonds is 9. The Bertz CT molecular complexity index is 324. The van der Waals surface area contributed by atoms with Gasteiger partial charge >= 0.3 is 0 Å². The molecule has 1 atom stereocenters. The summed E-state index contributed by atoms with van der Waals surface area (Å²) in [4.78, 5) is 4.75. The maximum atomic E-state index is 6.26. The van der Waals surface area contributed by atoms with Gasteiger partial charge in [0.25, 0.3) is 0 Å². The fraction of sp³-hybridized carbons (Fsp3) is 0.625. The van der Waals surface area contributed by atoms with E-state index in [1.54, 1.807) is 0 Å². The molecule has 0 aliphatic carbocycles. The Hall–Kier alpha value is -0.900. The van der Waals surface area contributed by atoms with Crippen molar-refractivity contribution < 1.29 is 0 Å². The smallest absolute Gasteiger partial charge is 0.0307 e. The summed E-state index contributed by atoms with van der Waals surface area (Å²) in [5.74, 6) is 0. The summed E-state index contributed by atoms with van der Waals surface area (Å²) in [6, 6.07) is 10.6. The first kappa shape index (κ1) is 16.2. The molecule has 2 N–H and O–H groups in total. The second-order valence-corrected chi connectivity index (χ2v) is 5.45. The average molecular weight is 263 g/mol. The molecule has 0 heterocycles. The molecular formula is C16H29N3. The Labute approximate surface area is 118 Å². The van der Waals surface area contributed by atoms with Crippen LogP contribution in [0.15, 0.2) is 30.3 Å². The van der Waals surface area contributed by atoms with Gasteiger partial charge in [0.05, 0.1) is 0 Å². The lowest BCUT2D eigenvalue weighted by molar-refractivity contribution is 0.234. The highest BCUT2D eigenvalue weighted by Crippen LogP contribution is 2.13. The maximum absolute atomic E-state index is 6.26. The van der Waals surface area contributed by atoms with Gasteiger partial charge < -0.3 is 15.5 Å². The van der Waals surface area contributed by atoms with Crippen molar-refractivity contribution in [2.24, 2.45) is 5.73 Å². The molecule has 0 radical (unpaired) electrons. The van der Waals surface area contributed by atoms with Gasteiger partial charge in [-0.25, -0.2) is 0 Å². The van der Waals surface area contributed by atoms with Crippen LogP contribution in [0, 0.1) is 0 Å². The van der Waals surface area contributed by atoms with Gasteiger partial charge in [0, 0.05) is 19.1 Å². The molecule has 0 bridgehead atoms. The van der Waals surface area contributed by atoms with Crippen LogP contribution in [0.2, 0.25) is 0 Å². The Morgan fingerprint density at radius 3 is 2.26 bits per heavy atom. The molecule has 0 aliphatic rings. The van der Waals surface area contributed by atoms with Crippen LogP contribution < -0.4 is 5.73 Å². The molecule has 19 heavy (non-hydrogen) atoms. The Kier molecular flexibility index (Phi) is 7.72. The zero-order valence-corrected chi connectivity index (χ0v) is 12.7. The summed E-state index contributed by atoms with van der Waals surface area (Å²) in [7, 11) is 4.25. The molecule has 0 aliphatic heterocycles. The van der Waals surface area contributed by atoms with Gasteiger partial charge in [-0.2, -0.15) is 0 Å². The maximum Gasteiger partial charge on any atom is 0.0307 e. The topological polar surface area (TPSA) is 32.5 Å². The van der Waals surface area contributed by atoms with Gasteiger partial charge in [-0.1, -0.05) is 37.3 Å². The van der Waals surface area contributed by atoms with Crippen LogP contribution >= 0.6 is 0 Å². The van der Waals surface area contributed by atoms with Crippen LogP contribution in [-0.2, 0) is 0 Å². The second-order valence-electron chi connectivity index (χ2n) is 5.45. The first-order valence-electron chi connectivity index (χ1n) is 7.31. The number of likely N-dealkylation sites (N-methyl/N-ethyl adjacent to an activating group) is 1. The third kappa shape index (κ3) is 6.71. The number of hydrogen-bond acceptors (Lipinski definition) is 3. The molecule has 0 fully saturated rings. The number of nitrogens with two attached hydrogens (primary N) is 1. The van der Waals surface area contributed by atoms with Crippen LogP contribution in [0.5, 0.6) is 0 Å². The Balaban J connectivity index is 2.38. The van der Waals surface area contributed by atoms with E-state index in [1.807, 2.05) is 6.07 Å². The Morgan fingerprint density at radius 1 is 1.00 bits per heavy atom. The van der Waals surface area contributed by atoms with Gasteiger partial charge in [-0.15, -0.1) is 0 Å². The van der Waals surface area contributed by atoms with E-state index in [0.717, 1.165) is 32.6 Å². The standard InChI is InChI=1S/C16H29N3/c1-4-11-19(14-13-18(2)3)12-10-16(17)15-8-6-5-7-9-15/h5-9,16H,4,10-14,17H2,1-3H3. The number of nitrogens with zero attached hydrogens (tertiary/aromatic N) is 2. The fourth-order valence-electron chi connectivity index (χ4n) is 2.18. The van der Waals surface area contributed by atoms with E-state index >= 15 is 0 Å². The molecule has 0 amide bonds. The van der Waals surface area contributed by atoms with Gasteiger partial charge in [0.1, 0.15) is 0 Å². The molecule has 3 nitrogen and oxygen atoms in total. The van der Waals surface area contributed by atoms with Crippen molar-refractivity contribution >= 4 is 0 Å². The molecular weight excluding hydrogens is 234 g/mol. The van der Waals surface area contributed by atoms with Gasteiger partial charge in [-0.05, 0) is 45.6 Å². The molecule has 3 heteroatoms. The predicted molar refractivity (Wildman–Crippen MR) is 83.3 cm³/mol. The van der Waals surface area contributed by atoms with Crippen molar-refractivity contribution in [1.82, 2.24) is 9.80 Å². The minimum absolute atomic E-state index is 0.153. The highest BCUT2D eigenvalue weighted by atomic mass is 15.2. The summed E-state index contributed by atoms with van der Waals surface area (Å²) in [5, 5.41) is 0. The second kappa shape index (κ2) is 9.08. The number of hydrogen-bond donors (Lipinski definition) is 1. The van der Waals surface area contributed by atoms with E-state index in [1.165, 1.54) is 12.0 Å². The van der Waals surface area contributed by atoms with Crippen molar-refractivity contribution in [3.63, 3.8) is 0 Å². The van der Waals surface area contributed by atoms with Gasteiger partial charge in [-0.3, -0.25) is 0 Å². The molecule has 1 rings (SSSR count). The van der Waals surface area contributed by atoms with E-state index in [9.17, 15) is 0 Å². The zero-order chi connectivity index (χ0) is 14.1. The zero-order valence-electron chi connectivity index (χ0n) is 12.7. The number of benzene rings is 1. The quantitative estimate of drug-likeness (QED) is 0.742. The van der Waals surface area contributed by atoms with Crippen molar-refractivity contribution in [2.45, 2.75) is 25.8 Å². The van der Waals surface area contributed by atoms with Crippen LogP contribution in [0.25, 0.3) is 0 Å². The van der Waals surface area contributed by atoms with Crippen molar-refractivity contribution in [3.05, 3.63) is 35.9 Å². The largest absolute Gasteiger partial charge is 0.324 e. The molecule has 108 valence electrons. The highest BCUT2D eigenvalue weighted by molar-refractivity contribution is 5.18. The highest BCUT2D eigenvalue weighted by Gasteiger charge is 2.09. The van der Waals surface area contributed by atoms with Crippen molar-refractivity contribution in [1.29, 1.82) is 0 Å². The average Bonchev–Trinajstić information content (AvgIpc) is 2.42. The molecule has 1 aromatic carbocycles. The van der Waals surface area contributed by atoms with Crippen LogP contribution in [0.3, 0.4) is 0 Å². The fourth-order valence-corrected chi connectivity index (χ4v) is 2.18.